The summed E-state index contributed by atoms with van der Waals surface area (Å²) >= 11 is 0. The van der Waals surface area contributed by atoms with Crippen LogP contribution in [-0.2, 0) is 12.8 Å². The van der Waals surface area contributed by atoms with Crippen LogP contribution in [0.15, 0.2) is 6.07 Å². The molecule has 0 amide bonds. The first-order valence-corrected chi connectivity index (χ1v) is 4.90. The van der Waals surface area contributed by atoms with Crippen LogP contribution in [0.2, 0.25) is 0 Å². The highest BCUT2D eigenvalue weighted by Crippen LogP contribution is 2.34. The second kappa shape index (κ2) is 3.77. The topological polar surface area (TPSA) is 29.5 Å². The largest absolute Gasteiger partial charge is 0.492 e. The Labute approximate surface area is 86.5 Å². The van der Waals surface area contributed by atoms with E-state index in [0.29, 0.717) is 18.6 Å². The van der Waals surface area contributed by atoms with Crippen LogP contribution in [0.25, 0.3) is 0 Å². The van der Waals surface area contributed by atoms with Crippen molar-refractivity contribution >= 4 is 0 Å². The van der Waals surface area contributed by atoms with E-state index in [-0.39, 0.29) is 17.7 Å². The maximum atomic E-state index is 13.4. The molecule has 1 aromatic carbocycles. The number of aliphatic hydroxyl groups is 1. The third-order valence-electron chi connectivity index (χ3n) is 2.48. The van der Waals surface area contributed by atoms with Gasteiger partial charge >= 0.3 is 0 Å². The number of hydrogen-bond acceptors (Lipinski definition) is 2. The summed E-state index contributed by atoms with van der Waals surface area (Å²) in [5, 5.41) is 9.21. The van der Waals surface area contributed by atoms with Gasteiger partial charge in [0.15, 0.2) is 0 Å². The van der Waals surface area contributed by atoms with E-state index in [4.69, 9.17) is 4.74 Å². The van der Waals surface area contributed by atoms with Gasteiger partial charge in [-0.3, -0.25) is 0 Å². The van der Waals surface area contributed by atoms with Gasteiger partial charge in [-0.15, -0.1) is 0 Å². The molecular formula is C11H12F2O2. The summed E-state index contributed by atoms with van der Waals surface area (Å²) in [4.78, 5) is 0. The minimum Gasteiger partial charge on any atom is -0.492 e. The Morgan fingerprint density at radius 1 is 1.47 bits per heavy atom. The van der Waals surface area contributed by atoms with Crippen LogP contribution in [0, 0.1) is 11.6 Å². The molecule has 1 atom stereocenters. The first-order valence-electron chi connectivity index (χ1n) is 4.90. The highest BCUT2D eigenvalue weighted by atomic mass is 19.1. The molecule has 2 rings (SSSR count). The molecule has 0 fully saturated rings. The number of benzene rings is 1. The molecule has 2 nitrogen and oxygen atoms in total. The van der Waals surface area contributed by atoms with Crippen LogP contribution in [0.1, 0.15) is 18.1 Å². The van der Waals surface area contributed by atoms with Crippen LogP contribution in [0.4, 0.5) is 8.78 Å². The van der Waals surface area contributed by atoms with Crippen molar-refractivity contribution in [2.75, 3.05) is 6.61 Å². The zero-order valence-corrected chi connectivity index (χ0v) is 8.39. The van der Waals surface area contributed by atoms with E-state index in [0.717, 1.165) is 6.07 Å². The zero-order valence-electron chi connectivity index (χ0n) is 8.39. The fourth-order valence-corrected chi connectivity index (χ4v) is 1.83. The van der Waals surface area contributed by atoms with Gasteiger partial charge in [-0.05, 0) is 6.92 Å². The molecule has 15 heavy (non-hydrogen) atoms. The van der Waals surface area contributed by atoms with E-state index in [1.54, 1.807) is 6.92 Å². The van der Waals surface area contributed by atoms with Crippen molar-refractivity contribution in [3.05, 3.63) is 28.8 Å². The second-order valence-corrected chi connectivity index (χ2v) is 3.78. The van der Waals surface area contributed by atoms with Crippen LogP contribution < -0.4 is 4.74 Å². The van der Waals surface area contributed by atoms with E-state index < -0.39 is 17.7 Å². The molecule has 0 bridgehead atoms. The summed E-state index contributed by atoms with van der Waals surface area (Å²) in [6.07, 6.45) is -0.0545. The minimum atomic E-state index is -0.668. The van der Waals surface area contributed by atoms with E-state index in [2.05, 4.69) is 0 Å². The van der Waals surface area contributed by atoms with Crippen LogP contribution in [0.3, 0.4) is 0 Å². The van der Waals surface area contributed by atoms with Crippen molar-refractivity contribution in [1.82, 2.24) is 0 Å². The molecule has 1 aromatic rings. The number of aliphatic hydroxyl groups excluding tert-OH is 1. The lowest BCUT2D eigenvalue weighted by Crippen LogP contribution is -2.08. The monoisotopic (exact) mass is 214 g/mol. The van der Waals surface area contributed by atoms with Gasteiger partial charge in [-0.25, -0.2) is 8.78 Å². The Bertz CT molecular complexity index is 389. The molecule has 0 saturated heterocycles. The zero-order chi connectivity index (χ0) is 11.0. The normalized spacial score (nSPS) is 16.0. The maximum absolute atomic E-state index is 13.4. The molecule has 1 heterocycles. The van der Waals surface area contributed by atoms with E-state index in [9.17, 15) is 13.9 Å². The van der Waals surface area contributed by atoms with Crippen LogP contribution in [0.5, 0.6) is 5.75 Å². The van der Waals surface area contributed by atoms with Gasteiger partial charge < -0.3 is 9.84 Å². The van der Waals surface area contributed by atoms with Gasteiger partial charge in [-0.2, -0.15) is 0 Å². The fraction of sp³-hybridized carbons (Fsp3) is 0.455. The van der Waals surface area contributed by atoms with Gasteiger partial charge in [0.05, 0.1) is 12.7 Å². The van der Waals surface area contributed by atoms with Crippen molar-refractivity contribution in [3.63, 3.8) is 0 Å². The summed E-state index contributed by atoms with van der Waals surface area (Å²) in [6, 6.07) is 0.866. The Hall–Kier alpha value is -1.16. The number of hydrogen-bond donors (Lipinski definition) is 1. The molecule has 0 radical (unpaired) electrons. The molecule has 1 unspecified atom stereocenters. The average molecular weight is 214 g/mol. The van der Waals surface area contributed by atoms with Crippen molar-refractivity contribution in [1.29, 1.82) is 0 Å². The molecule has 1 aliphatic heterocycles. The van der Waals surface area contributed by atoms with Gasteiger partial charge in [0.2, 0.25) is 0 Å². The lowest BCUT2D eigenvalue weighted by Gasteiger charge is -2.11. The van der Waals surface area contributed by atoms with E-state index in [1.165, 1.54) is 0 Å². The average Bonchev–Trinajstić information content (AvgIpc) is 2.60. The Morgan fingerprint density at radius 3 is 2.87 bits per heavy atom. The molecule has 1 aliphatic rings. The minimum absolute atomic E-state index is 0.147. The second-order valence-electron chi connectivity index (χ2n) is 3.78. The summed E-state index contributed by atoms with van der Waals surface area (Å²) in [5.74, 6) is -0.920. The lowest BCUT2D eigenvalue weighted by atomic mass is 10.0. The van der Waals surface area contributed by atoms with Crippen molar-refractivity contribution in [2.24, 2.45) is 0 Å². The molecule has 1 N–H and O–H groups in total. The van der Waals surface area contributed by atoms with E-state index >= 15 is 0 Å². The summed E-state index contributed by atoms with van der Waals surface area (Å²) in [7, 11) is 0. The first-order chi connectivity index (χ1) is 7.09. The molecule has 0 aliphatic carbocycles. The molecule has 0 saturated carbocycles. The third kappa shape index (κ3) is 1.81. The number of rotatable bonds is 2. The predicted octanol–water partition coefficient (Wildman–Crippen LogP) is 1.82. The Kier molecular flexibility index (Phi) is 2.61. The summed E-state index contributed by atoms with van der Waals surface area (Å²) in [6.45, 7) is 1.94. The highest BCUT2D eigenvalue weighted by Gasteiger charge is 2.24. The van der Waals surface area contributed by atoms with Crippen molar-refractivity contribution in [2.45, 2.75) is 25.9 Å². The number of halogens is 2. The quantitative estimate of drug-likeness (QED) is 0.813. The van der Waals surface area contributed by atoms with Gasteiger partial charge in [0.25, 0.3) is 0 Å². The molecule has 0 spiro atoms. The van der Waals surface area contributed by atoms with Crippen LogP contribution in [-0.4, -0.2) is 17.8 Å². The molecule has 82 valence electrons. The van der Waals surface area contributed by atoms with Crippen molar-refractivity contribution in [3.8, 4) is 5.75 Å². The highest BCUT2D eigenvalue weighted by molar-refractivity contribution is 5.46. The molecular weight excluding hydrogens is 202 g/mol. The maximum Gasteiger partial charge on any atom is 0.133 e. The number of ether oxygens (including phenoxy) is 1. The van der Waals surface area contributed by atoms with E-state index in [1.807, 2.05) is 0 Å². The standard InChI is InChI=1S/C11H12F2O2/c1-6(14)4-8-10(13)5-9(12)7-2-3-15-11(7)8/h5-6,14H,2-4H2,1H3. The SMILES string of the molecule is CC(O)Cc1c(F)cc(F)c2c1OCC2. The molecule has 4 heteroatoms. The van der Waals surface area contributed by atoms with Gasteiger partial charge in [0, 0.05) is 30.0 Å². The number of fused-ring (bicyclic) bond motifs is 1. The summed E-state index contributed by atoms with van der Waals surface area (Å²) < 4.78 is 31.9. The first kappa shape index (κ1) is 10.4. The Balaban J connectivity index is 2.49. The van der Waals surface area contributed by atoms with Crippen molar-refractivity contribution < 1.29 is 18.6 Å². The predicted molar refractivity (Wildman–Crippen MR) is 50.9 cm³/mol. The smallest absolute Gasteiger partial charge is 0.133 e. The molecule has 0 aromatic heterocycles. The van der Waals surface area contributed by atoms with Gasteiger partial charge in [-0.1, -0.05) is 0 Å². The van der Waals surface area contributed by atoms with Gasteiger partial charge in [0.1, 0.15) is 17.4 Å². The van der Waals surface area contributed by atoms with Crippen LogP contribution >= 0.6 is 0 Å². The summed E-state index contributed by atoms with van der Waals surface area (Å²) in [5.41, 5.74) is 0.700. The fourth-order valence-electron chi connectivity index (χ4n) is 1.83. The lowest BCUT2D eigenvalue weighted by molar-refractivity contribution is 0.192. The Morgan fingerprint density at radius 2 is 2.20 bits per heavy atom. The third-order valence-corrected chi connectivity index (χ3v) is 2.48.